The first-order valence-electron chi connectivity index (χ1n) is 2.73. The number of hydrogen-bond acceptors (Lipinski definition) is 10. The van der Waals surface area contributed by atoms with E-state index in [0.29, 0.717) is 0 Å². The Morgan fingerprint density at radius 3 is 0.579 bits per heavy atom. The molecule has 4 N–H and O–H groups in total. The molecule has 19 heteroatoms. The summed E-state index contributed by atoms with van der Waals surface area (Å²) in [4.78, 5) is 0. The van der Waals surface area contributed by atoms with Crippen molar-refractivity contribution >= 4 is 29.6 Å². The summed E-state index contributed by atoms with van der Waals surface area (Å²) >= 11 is -23.0. The van der Waals surface area contributed by atoms with E-state index in [0.717, 1.165) is 0 Å². The van der Waals surface area contributed by atoms with Gasteiger partial charge in [0.25, 0.3) is 0 Å². The zero-order valence-electron chi connectivity index (χ0n) is 7.50. The summed E-state index contributed by atoms with van der Waals surface area (Å²) in [6.45, 7) is 0. The van der Waals surface area contributed by atoms with E-state index in [1.54, 1.807) is 0 Å². The molecule has 0 aromatic carbocycles. The van der Waals surface area contributed by atoms with Crippen LogP contribution in [0.2, 0.25) is 0 Å². The first kappa shape index (κ1) is 25.3. The van der Waals surface area contributed by atoms with Crippen molar-refractivity contribution in [2.75, 3.05) is 0 Å². The van der Waals surface area contributed by atoms with Crippen molar-refractivity contribution < 1.29 is 107 Å². The molecule has 0 aromatic rings. The summed E-state index contributed by atoms with van der Waals surface area (Å²) in [5.41, 5.74) is 0. The Morgan fingerprint density at radius 2 is 0.579 bits per heavy atom. The predicted octanol–water partition coefficient (Wildman–Crippen LogP) is -3.97. The Balaban J connectivity index is -0.000000256. The molecule has 0 fully saturated rings. The van der Waals surface area contributed by atoms with Crippen LogP contribution in [0, 0.1) is 0 Å². The minimum absolute atomic E-state index is 0. The molecule has 0 heterocycles. The Morgan fingerprint density at radius 1 is 0.474 bits per heavy atom. The standard InChI is InChI=1S/4Cr.Na.4H2O.10O.H/h;;;;;4*1H2;;;;;;;;;;;/q4*+1;;;;;;;;;;;;;;;;/p-4. The Kier molecular flexibility index (Phi) is 11.5. The van der Waals surface area contributed by atoms with Crippen molar-refractivity contribution in [2.24, 2.45) is 0 Å². The zero-order valence-corrected chi connectivity index (χ0v) is 12.6. The average molecular weight is 460 g/mol. The Hall–Kier alpha value is 1.29. The third-order valence-corrected chi connectivity index (χ3v) is 5.85. The quantitative estimate of drug-likeness (QED) is 0.293. The van der Waals surface area contributed by atoms with Gasteiger partial charge in [-0.2, -0.15) is 0 Å². The Labute approximate surface area is 135 Å². The van der Waals surface area contributed by atoms with Crippen LogP contribution in [-0.2, 0) is 90.6 Å². The molecule has 0 unspecified atom stereocenters. The third-order valence-electron chi connectivity index (χ3n) is 0.344. The van der Waals surface area contributed by atoms with Gasteiger partial charge in [0.15, 0.2) is 0 Å². The molecule has 19 heavy (non-hydrogen) atoms. The molecule has 0 bridgehead atoms. The van der Waals surface area contributed by atoms with Gasteiger partial charge in [-0.15, -0.1) is 0 Å². The average Bonchev–Trinajstić information content (AvgIpc) is 1.64. The predicted molar refractivity (Wildman–Crippen MR) is 23.7 cm³/mol. The summed E-state index contributed by atoms with van der Waals surface area (Å²) < 4.78 is 113. The summed E-state index contributed by atoms with van der Waals surface area (Å²) in [6.07, 6.45) is 0. The fourth-order valence-electron chi connectivity index (χ4n) is 0.217. The zero-order chi connectivity index (χ0) is 15.4. The van der Waals surface area contributed by atoms with Crippen LogP contribution in [0.4, 0.5) is 0 Å². The molecule has 0 radical (unpaired) electrons. The number of hydrogen-bond donors (Lipinski definition) is 4. The van der Waals surface area contributed by atoms with Crippen LogP contribution in [0.5, 0.6) is 0 Å². The molecular weight excluding hydrogens is 455 g/mol. The fraction of sp³-hybridized carbons (Fsp3) is 0. The van der Waals surface area contributed by atoms with E-state index in [1.165, 1.54) is 0 Å². The molecule has 0 rings (SSSR count). The normalized spacial score (nSPS) is 12.8. The molecule has 14 nitrogen and oxygen atoms in total. The summed E-state index contributed by atoms with van der Waals surface area (Å²) in [6, 6.07) is 0. The summed E-state index contributed by atoms with van der Waals surface area (Å²) in [5.74, 6) is 0. The van der Waals surface area contributed by atoms with Gasteiger partial charge in [0.2, 0.25) is 0 Å². The SMILES string of the molecule is [NaH].[O]=[Cr](=[O])([OH])[O][Cr](=[O])(=[O])[OH].[O]=[Cr](=[O])([OH])[O][Cr](=[O])(=[O])[OH]. The van der Waals surface area contributed by atoms with E-state index in [1.807, 2.05) is 0 Å². The topological polar surface area (TPSA) is 236 Å². The fourth-order valence-corrected chi connectivity index (χ4v) is 3.69. The van der Waals surface area contributed by atoms with E-state index < -0.39 is 54.5 Å². The van der Waals surface area contributed by atoms with Gasteiger partial charge in [-0.05, 0) is 0 Å². The van der Waals surface area contributed by atoms with E-state index >= 15 is 0 Å². The first-order valence-corrected chi connectivity index (χ1v) is 11.3. The van der Waals surface area contributed by atoms with Crippen LogP contribution < -0.4 is 0 Å². The maximum atomic E-state index is 9.53. The molecule has 0 saturated carbocycles. The van der Waals surface area contributed by atoms with Gasteiger partial charge in [-0.1, -0.05) is 0 Å². The van der Waals surface area contributed by atoms with Crippen molar-refractivity contribution in [1.82, 2.24) is 0 Å². The van der Waals surface area contributed by atoms with E-state index in [2.05, 4.69) is 5.68 Å². The van der Waals surface area contributed by atoms with E-state index in [-0.39, 0.29) is 29.6 Å². The second-order valence-electron chi connectivity index (χ2n) is 1.85. The molecule has 0 saturated heterocycles. The van der Waals surface area contributed by atoms with Crippen LogP contribution in [-0.4, -0.2) is 46.2 Å². The monoisotopic (exact) mass is 460 g/mol. The third kappa shape index (κ3) is 32.6. The van der Waals surface area contributed by atoms with E-state index in [4.69, 9.17) is 16.6 Å². The minimum atomic E-state index is -5.76. The molecule has 0 aliphatic heterocycles. The van der Waals surface area contributed by atoms with Gasteiger partial charge < -0.3 is 0 Å². The van der Waals surface area contributed by atoms with Gasteiger partial charge in [0, 0.05) is 0 Å². The van der Waals surface area contributed by atoms with Crippen molar-refractivity contribution in [3.05, 3.63) is 0 Å². The molecule has 0 aliphatic rings. The second kappa shape index (κ2) is 8.66. The van der Waals surface area contributed by atoms with E-state index in [9.17, 15) is 30.4 Å². The van der Waals surface area contributed by atoms with Crippen molar-refractivity contribution in [2.45, 2.75) is 0 Å². The van der Waals surface area contributed by atoms with Crippen LogP contribution in [0.15, 0.2) is 0 Å². The van der Waals surface area contributed by atoms with Gasteiger partial charge in [-0.25, -0.2) is 0 Å². The number of rotatable bonds is 4. The maximum absolute atomic E-state index is 9.53. The van der Waals surface area contributed by atoms with Crippen LogP contribution in [0.3, 0.4) is 0 Å². The van der Waals surface area contributed by atoms with Crippen LogP contribution in [0.25, 0.3) is 0 Å². The van der Waals surface area contributed by atoms with Crippen LogP contribution >= 0.6 is 0 Å². The first-order chi connectivity index (χ1) is 7.41. The van der Waals surface area contributed by atoms with Gasteiger partial charge >= 0.3 is 137 Å². The van der Waals surface area contributed by atoms with Crippen molar-refractivity contribution in [1.29, 1.82) is 0 Å². The second-order valence-corrected chi connectivity index (χ2v) is 9.37. The molecule has 0 aromatic heterocycles. The molecule has 114 valence electrons. The Bertz CT molecular complexity index is 532. The molecule has 0 amide bonds. The summed E-state index contributed by atoms with van der Waals surface area (Å²) in [7, 11) is 0. The van der Waals surface area contributed by atoms with Gasteiger partial charge in [0.1, 0.15) is 0 Å². The van der Waals surface area contributed by atoms with Crippen molar-refractivity contribution in [3.63, 3.8) is 0 Å². The van der Waals surface area contributed by atoms with Crippen LogP contribution in [0.1, 0.15) is 0 Å². The van der Waals surface area contributed by atoms with Gasteiger partial charge in [0.05, 0.1) is 0 Å². The summed E-state index contributed by atoms with van der Waals surface area (Å²) in [5, 5.41) is 0. The molecule has 0 spiro atoms. The molecule has 0 atom stereocenters. The van der Waals surface area contributed by atoms with Gasteiger partial charge in [-0.3, -0.25) is 0 Å². The van der Waals surface area contributed by atoms with Crippen molar-refractivity contribution in [3.8, 4) is 0 Å². The molecular formula is H5Cr4NaO14. The molecule has 0 aliphatic carbocycles.